The minimum atomic E-state index is -0.269. The molecule has 0 bridgehead atoms. The van der Waals surface area contributed by atoms with Gasteiger partial charge in [-0.1, -0.05) is 19.1 Å². The number of hydrogen-bond acceptors (Lipinski definition) is 4. The lowest BCUT2D eigenvalue weighted by Crippen LogP contribution is -2.02. The lowest BCUT2D eigenvalue weighted by Gasteiger charge is -2.09. The summed E-state index contributed by atoms with van der Waals surface area (Å²) in [6, 6.07) is 11.7. The first-order valence-electron chi connectivity index (χ1n) is 6.16. The van der Waals surface area contributed by atoms with Crippen LogP contribution < -0.4 is 4.74 Å². The quantitative estimate of drug-likeness (QED) is 0.839. The third kappa shape index (κ3) is 2.71. The van der Waals surface area contributed by atoms with E-state index in [2.05, 4.69) is 16.0 Å². The van der Waals surface area contributed by atoms with Crippen LogP contribution in [0.1, 0.15) is 25.1 Å². The summed E-state index contributed by atoms with van der Waals surface area (Å²) in [5.41, 5.74) is 1.68. The van der Waals surface area contributed by atoms with Crippen molar-refractivity contribution in [1.82, 2.24) is 9.97 Å². The number of nitrogens with zero attached hydrogens (tertiary/aromatic N) is 3. The van der Waals surface area contributed by atoms with E-state index in [1.807, 2.05) is 37.3 Å². The lowest BCUT2D eigenvalue weighted by molar-refractivity contribution is 0.416. The molecule has 0 aliphatic carbocycles. The molecular weight excluding hydrogens is 238 g/mol. The molecule has 0 aliphatic rings. The first kappa shape index (κ1) is 13.0. The van der Waals surface area contributed by atoms with Gasteiger partial charge in [-0.3, -0.25) is 0 Å². The van der Waals surface area contributed by atoms with Gasteiger partial charge in [0.25, 0.3) is 0 Å². The van der Waals surface area contributed by atoms with E-state index in [9.17, 15) is 0 Å². The van der Waals surface area contributed by atoms with E-state index in [0.29, 0.717) is 12.2 Å². The Balaban J connectivity index is 2.47. The van der Waals surface area contributed by atoms with E-state index < -0.39 is 0 Å². The normalized spacial score (nSPS) is 11.6. The third-order valence-electron chi connectivity index (χ3n) is 2.93. The van der Waals surface area contributed by atoms with Crippen LogP contribution in [0.2, 0.25) is 0 Å². The number of para-hydroxylation sites is 1. The zero-order chi connectivity index (χ0) is 13.7. The zero-order valence-corrected chi connectivity index (χ0v) is 11.0. The second kappa shape index (κ2) is 5.96. The van der Waals surface area contributed by atoms with Gasteiger partial charge < -0.3 is 4.74 Å². The Morgan fingerprint density at radius 3 is 2.79 bits per heavy atom. The van der Waals surface area contributed by atoms with Crippen molar-refractivity contribution in [1.29, 1.82) is 5.26 Å². The molecule has 1 heterocycles. The number of rotatable bonds is 4. The maximum Gasteiger partial charge on any atom is 0.146 e. The summed E-state index contributed by atoms with van der Waals surface area (Å²) >= 11 is 0. The van der Waals surface area contributed by atoms with E-state index in [-0.39, 0.29) is 5.92 Å². The highest BCUT2D eigenvalue weighted by molar-refractivity contribution is 5.66. The van der Waals surface area contributed by atoms with E-state index in [1.165, 1.54) is 0 Å². The topological polar surface area (TPSA) is 58.8 Å². The molecule has 0 radical (unpaired) electrons. The molecule has 1 unspecified atom stereocenters. The number of aromatic nitrogens is 2. The second-order valence-corrected chi connectivity index (χ2v) is 4.09. The molecule has 1 atom stereocenters. The monoisotopic (exact) mass is 253 g/mol. The summed E-state index contributed by atoms with van der Waals surface area (Å²) < 4.78 is 5.33. The van der Waals surface area contributed by atoms with Crippen molar-refractivity contribution in [3.8, 4) is 23.1 Å². The Bertz CT molecular complexity index is 604. The van der Waals surface area contributed by atoms with E-state index in [1.54, 1.807) is 13.3 Å². The third-order valence-corrected chi connectivity index (χ3v) is 2.93. The molecule has 1 aromatic carbocycles. The number of methoxy groups -OCH3 is 1. The van der Waals surface area contributed by atoms with Gasteiger partial charge in [0.15, 0.2) is 0 Å². The molecule has 19 heavy (non-hydrogen) atoms. The molecule has 0 saturated heterocycles. The molecule has 0 N–H and O–H groups in total. The van der Waals surface area contributed by atoms with E-state index >= 15 is 0 Å². The van der Waals surface area contributed by atoms with Crippen LogP contribution in [0, 0.1) is 11.3 Å². The molecule has 96 valence electrons. The maximum absolute atomic E-state index is 9.09. The molecule has 2 aromatic rings. The minimum absolute atomic E-state index is 0.269. The van der Waals surface area contributed by atoms with Gasteiger partial charge in [0.1, 0.15) is 17.5 Å². The molecule has 0 spiro atoms. The van der Waals surface area contributed by atoms with E-state index in [4.69, 9.17) is 10.00 Å². The van der Waals surface area contributed by atoms with Crippen LogP contribution in [0.3, 0.4) is 0 Å². The predicted molar refractivity (Wildman–Crippen MR) is 72.7 cm³/mol. The molecule has 0 aliphatic heterocycles. The predicted octanol–water partition coefficient (Wildman–Crippen LogP) is 3.17. The molecule has 1 aromatic heterocycles. The van der Waals surface area contributed by atoms with E-state index in [0.717, 1.165) is 17.0 Å². The first-order valence-corrected chi connectivity index (χ1v) is 6.16. The average Bonchev–Trinajstić information content (AvgIpc) is 2.49. The summed E-state index contributed by atoms with van der Waals surface area (Å²) in [5.74, 6) is 1.06. The van der Waals surface area contributed by atoms with Gasteiger partial charge in [-0.25, -0.2) is 9.97 Å². The summed E-state index contributed by atoms with van der Waals surface area (Å²) in [4.78, 5) is 8.67. The molecule has 4 nitrogen and oxygen atoms in total. The van der Waals surface area contributed by atoms with Crippen molar-refractivity contribution in [2.75, 3.05) is 7.11 Å². The molecule has 4 heteroatoms. The molecule has 2 rings (SSSR count). The Morgan fingerprint density at radius 2 is 2.11 bits per heavy atom. The number of ether oxygens (including phenoxy) is 1. The highest BCUT2D eigenvalue weighted by Crippen LogP contribution is 2.28. The Labute approximate surface area is 112 Å². The van der Waals surface area contributed by atoms with Gasteiger partial charge in [0.05, 0.1) is 18.9 Å². The second-order valence-electron chi connectivity index (χ2n) is 4.09. The van der Waals surface area contributed by atoms with Gasteiger partial charge in [-0.05, 0) is 24.6 Å². The fourth-order valence-corrected chi connectivity index (χ4v) is 1.88. The van der Waals surface area contributed by atoms with Gasteiger partial charge in [-0.2, -0.15) is 5.26 Å². The highest BCUT2D eigenvalue weighted by Gasteiger charge is 2.13. The molecular formula is C15H15N3O. The largest absolute Gasteiger partial charge is 0.496 e. The van der Waals surface area contributed by atoms with Crippen LogP contribution in [0.25, 0.3) is 11.3 Å². The number of hydrogen-bond donors (Lipinski definition) is 0. The Morgan fingerprint density at radius 1 is 1.32 bits per heavy atom. The van der Waals surface area contributed by atoms with Gasteiger partial charge in [0.2, 0.25) is 0 Å². The van der Waals surface area contributed by atoms with Crippen molar-refractivity contribution in [3.05, 3.63) is 42.4 Å². The summed E-state index contributed by atoms with van der Waals surface area (Å²) in [6.45, 7) is 1.95. The van der Waals surface area contributed by atoms with Crippen molar-refractivity contribution in [2.24, 2.45) is 0 Å². The molecule has 0 amide bonds. The fourth-order valence-electron chi connectivity index (χ4n) is 1.88. The minimum Gasteiger partial charge on any atom is -0.496 e. The SMILES string of the molecule is CCC(C#N)c1nccc(-c2ccccc2OC)n1. The number of benzene rings is 1. The summed E-state index contributed by atoms with van der Waals surface area (Å²) in [6.07, 6.45) is 2.38. The van der Waals surface area contributed by atoms with Crippen LogP contribution in [-0.2, 0) is 0 Å². The molecule has 0 saturated carbocycles. The standard InChI is InChI=1S/C15H15N3O/c1-3-11(10-16)15-17-9-8-13(18-15)12-6-4-5-7-14(12)19-2/h4-9,11H,3H2,1-2H3. The Kier molecular flexibility index (Phi) is 4.09. The lowest BCUT2D eigenvalue weighted by atomic mass is 10.1. The Hall–Kier alpha value is -2.41. The average molecular weight is 253 g/mol. The van der Waals surface area contributed by atoms with Gasteiger partial charge >= 0.3 is 0 Å². The van der Waals surface area contributed by atoms with Crippen LogP contribution in [0.15, 0.2) is 36.5 Å². The van der Waals surface area contributed by atoms with Crippen molar-refractivity contribution < 1.29 is 4.74 Å². The van der Waals surface area contributed by atoms with Gasteiger partial charge in [0, 0.05) is 11.8 Å². The van der Waals surface area contributed by atoms with Crippen molar-refractivity contribution in [2.45, 2.75) is 19.3 Å². The zero-order valence-electron chi connectivity index (χ0n) is 11.0. The summed E-state index contributed by atoms with van der Waals surface area (Å²) in [5, 5.41) is 9.09. The fraction of sp³-hybridized carbons (Fsp3) is 0.267. The molecule has 0 fully saturated rings. The first-order chi connectivity index (χ1) is 9.30. The van der Waals surface area contributed by atoms with Crippen LogP contribution in [0.5, 0.6) is 5.75 Å². The number of nitriles is 1. The smallest absolute Gasteiger partial charge is 0.146 e. The maximum atomic E-state index is 9.09. The van der Waals surface area contributed by atoms with Crippen molar-refractivity contribution >= 4 is 0 Å². The summed E-state index contributed by atoms with van der Waals surface area (Å²) in [7, 11) is 1.63. The van der Waals surface area contributed by atoms with Crippen LogP contribution in [0.4, 0.5) is 0 Å². The van der Waals surface area contributed by atoms with Crippen LogP contribution in [-0.4, -0.2) is 17.1 Å². The van der Waals surface area contributed by atoms with Crippen molar-refractivity contribution in [3.63, 3.8) is 0 Å². The van der Waals surface area contributed by atoms with Gasteiger partial charge in [-0.15, -0.1) is 0 Å². The highest BCUT2D eigenvalue weighted by atomic mass is 16.5. The van der Waals surface area contributed by atoms with Crippen LogP contribution >= 0.6 is 0 Å².